The summed E-state index contributed by atoms with van der Waals surface area (Å²) in [5.74, 6) is 0.577. The molecule has 2 atom stereocenters. The number of hydrogen-bond acceptors (Lipinski definition) is 5. The molecule has 19 heavy (non-hydrogen) atoms. The second-order valence-corrected chi connectivity index (χ2v) is 5.18. The molecule has 0 radical (unpaired) electrons. The van der Waals surface area contributed by atoms with Crippen molar-refractivity contribution in [3.05, 3.63) is 23.5 Å². The zero-order chi connectivity index (χ0) is 13.2. The van der Waals surface area contributed by atoms with E-state index in [1.807, 2.05) is 6.07 Å². The molecule has 0 aromatic carbocycles. The van der Waals surface area contributed by atoms with Crippen LogP contribution in [0.25, 0.3) is 11.4 Å². The van der Waals surface area contributed by atoms with E-state index in [-0.39, 0.29) is 6.04 Å². The predicted octanol–water partition coefficient (Wildman–Crippen LogP) is 1.81. The van der Waals surface area contributed by atoms with Crippen molar-refractivity contribution in [2.24, 2.45) is 5.73 Å². The fraction of sp³-hybridized carbons (Fsp3) is 0.417. The number of hydrogen-bond donors (Lipinski definition) is 3. The number of anilines is 1. The van der Waals surface area contributed by atoms with E-state index in [0.717, 1.165) is 25.0 Å². The summed E-state index contributed by atoms with van der Waals surface area (Å²) in [6, 6.07) is 2.44. The van der Waals surface area contributed by atoms with Crippen LogP contribution in [0.3, 0.4) is 0 Å². The maximum Gasteiger partial charge on any atom is 0.223 e. The number of H-pyrrole nitrogens is 1. The Balaban J connectivity index is 1.81. The van der Waals surface area contributed by atoms with E-state index >= 15 is 0 Å². The number of nitrogens with one attached hydrogen (secondary N) is 2. The molecule has 7 heteroatoms. The molecule has 100 valence electrons. The smallest absolute Gasteiger partial charge is 0.223 e. The minimum absolute atomic E-state index is 0.275. The first-order valence-electron chi connectivity index (χ1n) is 6.27. The van der Waals surface area contributed by atoms with E-state index in [4.69, 9.17) is 17.3 Å². The summed E-state index contributed by atoms with van der Waals surface area (Å²) in [5, 5.41) is 10.6. The second-order valence-electron chi connectivity index (χ2n) is 4.77. The second kappa shape index (κ2) is 5.14. The van der Waals surface area contributed by atoms with E-state index < -0.39 is 0 Å². The quantitative estimate of drug-likeness (QED) is 0.796. The first-order valence-corrected chi connectivity index (χ1v) is 6.64. The standard InChI is InChI=1S/C12H15ClN6/c13-9-6-15-12(17-8-2-1-7(14)5-8)18-11(9)10-3-4-16-19-10/h3-4,6-8H,1-2,5,14H2,(H,16,19)(H,15,17,18). The first kappa shape index (κ1) is 12.4. The zero-order valence-corrected chi connectivity index (χ0v) is 11.1. The molecule has 0 aliphatic heterocycles. The third-order valence-corrected chi connectivity index (χ3v) is 3.58. The van der Waals surface area contributed by atoms with Crippen molar-refractivity contribution >= 4 is 17.5 Å². The van der Waals surface area contributed by atoms with Gasteiger partial charge < -0.3 is 11.1 Å². The molecule has 2 heterocycles. The summed E-state index contributed by atoms with van der Waals surface area (Å²) in [5.41, 5.74) is 7.32. The molecule has 0 bridgehead atoms. The Morgan fingerprint density at radius 1 is 1.42 bits per heavy atom. The number of rotatable bonds is 3. The lowest BCUT2D eigenvalue weighted by Gasteiger charge is -2.13. The summed E-state index contributed by atoms with van der Waals surface area (Å²) < 4.78 is 0. The van der Waals surface area contributed by atoms with Gasteiger partial charge in [0.2, 0.25) is 5.95 Å². The average molecular weight is 279 g/mol. The van der Waals surface area contributed by atoms with Gasteiger partial charge in [0, 0.05) is 18.3 Å². The monoisotopic (exact) mass is 278 g/mol. The van der Waals surface area contributed by atoms with Crippen molar-refractivity contribution in [2.45, 2.75) is 31.3 Å². The molecular formula is C12H15ClN6. The Bertz CT molecular complexity index is 555. The van der Waals surface area contributed by atoms with Gasteiger partial charge in [0.25, 0.3) is 0 Å². The van der Waals surface area contributed by atoms with E-state index in [1.54, 1.807) is 12.4 Å². The first-order chi connectivity index (χ1) is 9.22. The van der Waals surface area contributed by atoms with Crippen LogP contribution in [0, 0.1) is 0 Å². The Morgan fingerprint density at radius 3 is 3.00 bits per heavy atom. The van der Waals surface area contributed by atoms with E-state index in [2.05, 4.69) is 25.5 Å². The number of halogens is 1. The van der Waals surface area contributed by atoms with Gasteiger partial charge in [-0.1, -0.05) is 11.6 Å². The van der Waals surface area contributed by atoms with Crippen molar-refractivity contribution in [3.63, 3.8) is 0 Å². The van der Waals surface area contributed by atoms with Gasteiger partial charge in [-0.2, -0.15) is 5.10 Å². The molecule has 1 aliphatic rings. The topological polar surface area (TPSA) is 92.5 Å². The summed E-state index contributed by atoms with van der Waals surface area (Å²) >= 11 is 6.11. The maximum absolute atomic E-state index is 6.11. The predicted molar refractivity (Wildman–Crippen MR) is 73.9 cm³/mol. The van der Waals surface area contributed by atoms with Gasteiger partial charge in [-0.15, -0.1) is 0 Å². The van der Waals surface area contributed by atoms with Gasteiger partial charge in [0.1, 0.15) is 5.69 Å². The zero-order valence-electron chi connectivity index (χ0n) is 10.3. The van der Waals surface area contributed by atoms with Crippen molar-refractivity contribution in [1.82, 2.24) is 20.2 Å². The van der Waals surface area contributed by atoms with Crippen LogP contribution in [0.2, 0.25) is 5.02 Å². The lowest BCUT2D eigenvalue weighted by atomic mass is 10.2. The molecule has 6 nitrogen and oxygen atoms in total. The summed E-state index contributed by atoms with van der Waals surface area (Å²) in [4.78, 5) is 8.65. The van der Waals surface area contributed by atoms with Crippen LogP contribution >= 0.6 is 11.6 Å². The third kappa shape index (κ3) is 2.69. The molecule has 1 fully saturated rings. The Labute approximate surface area is 115 Å². The number of nitrogens with two attached hydrogens (primary N) is 1. The Morgan fingerprint density at radius 2 is 2.32 bits per heavy atom. The van der Waals surface area contributed by atoms with Crippen molar-refractivity contribution in [2.75, 3.05) is 5.32 Å². The minimum Gasteiger partial charge on any atom is -0.351 e. The maximum atomic E-state index is 6.11. The van der Waals surface area contributed by atoms with Gasteiger partial charge in [-0.3, -0.25) is 5.10 Å². The van der Waals surface area contributed by atoms with Crippen LogP contribution < -0.4 is 11.1 Å². The highest BCUT2D eigenvalue weighted by Crippen LogP contribution is 2.25. The molecule has 2 aromatic rings. The van der Waals surface area contributed by atoms with E-state index in [0.29, 0.717) is 22.7 Å². The van der Waals surface area contributed by atoms with Crippen molar-refractivity contribution < 1.29 is 0 Å². The average Bonchev–Trinajstić information content (AvgIpc) is 3.03. The molecule has 1 saturated carbocycles. The van der Waals surface area contributed by atoms with Gasteiger partial charge in [-0.25, -0.2) is 9.97 Å². The number of nitrogens with zero attached hydrogens (tertiary/aromatic N) is 3. The molecule has 0 amide bonds. The Hall–Kier alpha value is -1.66. The molecule has 2 aromatic heterocycles. The summed E-state index contributed by atoms with van der Waals surface area (Å²) in [7, 11) is 0. The highest BCUT2D eigenvalue weighted by molar-refractivity contribution is 6.32. The molecular weight excluding hydrogens is 264 g/mol. The van der Waals surface area contributed by atoms with Gasteiger partial charge in [-0.05, 0) is 25.3 Å². The summed E-state index contributed by atoms with van der Waals surface area (Å²) in [6.45, 7) is 0. The number of aromatic nitrogens is 4. The SMILES string of the molecule is NC1CCC(Nc2ncc(Cl)c(-c3ccn[nH]3)n2)C1. The van der Waals surface area contributed by atoms with Crippen LogP contribution in [-0.2, 0) is 0 Å². The van der Waals surface area contributed by atoms with Crippen molar-refractivity contribution in [1.29, 1.82) is 0 Å². The summed E-state index contributed by atoms with van der Waals surface area (Å²) in [6.07, 6.45) is 6.30. The normalized spacial score (nSPS) is 22.6. The molecule has 0 saturated heterocycles. The van der Waals surface area contributed by atoms with Crippen LogP contribution in [0.5, 0.6) is 0 Å². The lowest BCUT2D eigenvalue weighted by Crippen LogP contribution is -2.21. The van der Waals surface area contributed by atoms with Crippen LogP contribution in [-0.4, -0.2) is 32.2 Å². The fourth-order valence-electron chi connectivity index (χ4n) is 2.34. The van der Waals surface area contributed by atoms with E-state index in [1.165, 1.54) is 0 Å². The van der Waals surface area contributed by atoms with Gasteiger partial charge in [0.15, 0.2) is 0 Å². The van der Waals surface area contributed by atoms with Crippen LogP contribution in [0.15, 0.2) is 18.5 Å². The lowest BCUT2D eigenvalue weighted by molar-refractivity contribution is 0.685. The van der Waals surface area contributed by atoms with Crippen molar-refractivity contribution in [3.8, 4) is 11.4 Å². The van der Waals surface area contributed by atoms with Gasteiger partial charge >= 0.3 is 0 Å². The highest BCUT2D eigenvalue weighted by Gasteiger charge is 2.22. The largest absolute Gasteiger partial charge is 0.351 e. The van der Waals surface area contributed by atoms with Gasteiger partial charge in [0.05, 0.1) is 16.9 Å². The van der Waals surface area contributed by atoms with Crippen LogP contribution in [0.4, 0.5) is 5.95 Å². The molecule has 4 N–H and O–H groups in total. The van der Waals surface area contributed by atoms with Crippen LogP contribution in [0.1, 0.15) is 19.3 Å². The Kier molecular flexibility index (Phi) is 3.35. The third-order valence-electron chi connectivity index (χ3n) is 3.31. The fourth-order valence-corrected chi connectivity index (χ4v) is 2.54. The molecule has 3 rings (SSSR count). The molecule has 2 unspecified atom stereocenters. The minimum atomic E-state index is 0.275. The number of aromatic amines is 1. The van der Waals surface area contributed by atoms with E-state index in [9.17, 15) is 0 Å². The molecule has 0 spiro atoms. The highest BCUT2D eigenvalue weighted by atomic mass is 35.5. The molecule has 1 aliphatic carbocycles.